The molecule has 7 heteroatoms. The van der Waals surface area contributed by atoms with Crippen LogP contribution in [0.1, 0.15) is 12.8 Å². The van der Waals surface area contributed by atoms with Crippen LogP contribution in [0.3, 0.4) is 0 Å². The molecular weight excluding hydrogens is 250 g/mol. The number of anilines is 2. The average Bonchev–Trinajstić information content (AvgIpc) is 2.80. The Labute approximate surface area is 107 Å². The fourth-order valence-corrected chi connectivity index (χ4v) is 3.48. The van der Waals surface area contributed by atoms with Gasteiger partial charge in [-0.1, -0.05) is 0 Å². The van der Waals surface area contributed by atoms with Gasteiger partial charge in [-0.3, -0.25) is 4.21 Å². The summed E-state index contributed by atoms with van der Waals surface area (Å²) in [6, 6.07) is 0.303. The minimum Gasteiger partial charge on any atom is -0.382 e. The van der Waals surface area contributed by atoms with Crippen LogP contribution in [0, 0.1) is 0 Å². The first-order chi connectivity index (χ1) is 8.72. The first-order valence-electron chi connectivity index (χ1n) is 5.93. The van der Waals surface area contributed by atoms with E-state index in [1.807, 2.05) is 10.6 Å². The van der Waals surface area contributed by atoms with Crippen LogP contribution in [-0.4, -0.2) is 36.1 Å². The Morgan fingerprint density at radius 3 is 3.00 bits per heavy atom. The summed E-state index contributed by atoms with van der Waals surface area (Å²) in [4.78, 5) is 8.56. The van der Waals surface area contributed by atoms with Crippen LogP contribution in [0.5, 0.6) is 0 Å². The monoisotopic (exact) mass is 265 g/mol. The summed E-state index contributed by atoms with van der Waals surface area (Å²) in [5, 5.41) is 3.36. The van der Waals surface area contributed by atoms with Gasteiger partial charge in [-0.05, 0) is 12.8 Å². The number of fused-ring (bicyclic) bond motifs is 1. The van der Waals surface area contributed by atoms with Crippen LogP contribution >= 0.6 is 0 Å². The van der Waals surface area contributed by atoms with E-state index in [1.165, 1.54) is 0 Å². The standard InChI is InChI=1S/C11H15N5OS/c12-9-7-16-4-3-13-11(16)10(15-9)14-8-1-5-18(17)6-2-8/h3-4,7-8H,1-2,5-6,12H2,(H,14,15). The van der Waals surface area contributed by atoms with Crippen molar-refractivity contribution in [1.29, 1.82) is 0 Å². The van der Waals surface area contributed by atoms with Crippen molar-refractivity contribution < 1.29 is 4.21 Å². The molecule has 1 fully saturated rings. The molecule has 1 saturated heterocycles. The molecule has 2 aromatic heterocycles. The number of nitrogens with one attached hydrogen (secondary N) is 1. The summed E-state index contributed by atoms with van der Waals surface area (Å²) in [5.41, 5.74) is 6.54. The van der Waals surface area contributed by atoms with Crippen LogP contribution in [0.25, 0.3) is 5.65 Å². The smallest absolute Gasteiger partial charge is 0.180 e. The van der Waals surface area contributed by atoms with Crippen molar-refractivity contribution in [2.75, 3.05) is 22.6 Å². The zero-order valence-corrected chi connectivity index (χ0v) is 10.7. The SMILES string of the molecule is Nc1cn2ccnc2c(NC2CCS(=O)CC2)n1. The summed E-state index contributed by atoms with van der Waals surface area (Å²) in [7, 11) is -0.649. The maximum Gasteiger partial charge on any atom is 0.180 e. The van der Waals surface area contributed by atoms with Gasteiger partial charge in [0.05, 0.1) is 6.20 Å². The molecule has 18 heavy (non-hydrogen) atoms. The summed E-state index contributed by atoms with van der Waals surface area (Å²) in [5.74, 6) is 2.68. The van der Waals surface area contributed by atoms with Gasteiger partial charge in [0.25, 0.3) is 0 Å². The van der Waals surface area contributed by atoms with Crippen molar-refractivity contribution in [2.45, 2.75) is 18.9 Å². The van der Waals surface area contributed by atoms with E-state index < -0.39 is 10.8 Å². The van der Waals surface area contributed by atoms with E-state index in [4.69, 9.17) is 5.73 Å². The minimum absolute atomic E-state index is 0.303. The Morgan fingerprint density at radius 2 is 2.22 bits per heavy atom. The van der Waals surface area contributed by atoms with Crippen molar-refractivity contribution in [3.8, 4) is 0 Å². The molecule has 0 aliphatic carbocycles. The number of nitrogens with zero attached hydrogens (tertiary/aromatic N) is 3. The average molecular weight is 265 g/mol. The maximum atomic E-state index is 11.3. The number of nitrogen functional groups attached to an aromatic ring is 1. The first-order valence-corrected chi connectivity index (χ1v) is 7.42. The van der Waals surface area contributed by atoms with Crippen LogP contribution in [0.15, 0.2) is 18.6 Å². The van der Waals surface area contributed by atoms with Gasteiger partial charge in [0, 0.05) is 40.7 Å². The molecule has 1 aliphatic heterocycles. The van der Waals surface area contributed by atoms with Gasteiger partial charge in [0.1, 0.15) is 5.82 Å². The summed E-state index contributed by atoms with van der Waals surface area (Å²) in [6.45, 7) is 0. The quantitative estimate of drug-likeness (QED) is 0.832. The van der Waals surface area contributed by atoms with E-state index in [1.54, 1.807) is 12.4 Å². The van der Waals surface area contributed by atoms with E-state index in [9.17, 15) is 4.21 Å². The van der Waals surface area contributed by atoms with Crippen molar-refractivity contribution in [2.24, 2.45) is 0 Å². The Balaban J connectivity index is 1.85. The van der Waals surface area contributed by atoms with Gasteiger partial charge in [0.15, 0.2) is 11.5 Å². The van der Waals surface area contributed by atoms with Crippen molar-refractivity contribution in [3.05, 3.63) is 18.6 Å². The van der Waals surface area contributed by atoms with Gasteiger partial charge in [0.2, 0.25) is 0 Å². The second-order valence-corrected chi connectivity index (χ2v) is 6.14. The normalized spacial score (nSPS) is 24.2. The predicted octanol–water partition coefficient (Wildman–Crippen LogP) is 0.634. The second kappa shape index (κ2) is 4.56. The first kappa shape index (κ1) is 11.5. The molecule has 0 aromatic carbocycles. The van der Waals surface area contributed by atoms with Gasteiger partial charge in [-0.15, -0.1) is 0 Å². The summed E-state index contributed by atoms with van der Waals surface area (Å²) < 4.78 is 13.2. The fourth-order valence-electron chi connectivity index (χ4n) is 2.18. The van der Waals surface area contributed by atoms with Crippen molar-refractivity contribution in [3.63, 3.8) is 0 Å². The zero-order valence-electron chi connectivity index (χ0n) is 9.87. The maximum absolute atomic E-state index is 11.3. The molecule has 6 nitrogen and oxygen atoms in total. The highest BCUT2D eigenvalue weighted by Gasteiger charge is 2.19. The minimum atomic E-state index is -0.649. The van der Waals surface area contributed by atoms with Crippen molar-refractivity contribution >= 4 is 28.1 Å². The lowest BCUT2D eigenvalue weighted by Gasteiger charge is -2.23. The largest absolute Gasteiger partial charge is 0.382 e. The van der Waals surface area contributed by atoms with Crippen LogP contribution in [0.4, 0.5) is 11.6 Å². The lowest BCUT2D eigenvalue weighted by Crippen LogP contribution is -2.30. The number of nitrogens with two attached hydrogens (primary N) is 1. The molecule has 0 amide bonds. The van der Waals surface area contributed by atoms with E-state index >= 15 is 0 Å². The van der Waals surface area contributed by atoms with Crippen LogP contribution in [-0.2, 0) is 10.8 Å². The molecule has 1 aliphatic rings. The number of aromatic nitrogens is 3. The molecule has 3 heterocycles. The molecule has 2 aromatic rings. The Hall–Kier alpha value is -1.63. The molecule has 0 radical (unpaired) electrons. The lowest BCUT2D eigenvalue weighted by molar-refractivity contribution is 0.623. The number of hydrogen-bond acceptors (Lipinski definition) is 5. The number of imidazole rings is 1. The number of hydrogen-bond donors (Lipinski definition) is 2. The third-order valence-electron chi connectivity index (χ3n) is 3.12. The summed E-state index contributed by atoms with van der Waals surface area (Å²) in [6.07, 6.45) is 7.10. The van der Waals surface area contributed by atoms with Crippen LogP contribution in [0.2, 0.25) is 0 Å². The fraction of sp³-hybridized carbons (Fsp3) is 0.455. The summed E-state index contributed by atoms with van der Waals surface area (Å²) >= 11 is 0. The van der Waals surface area contributed by atoms with E-state index in [0.717, 1.165) is 30.0 Å². The second-order valence-electron chi connectivity index (χ2n) is 4.44. The molecule has 3 N–H and O–H groups in total. The van der Waals surface area contributed by atoms with E-state index in [0.29, 0.717) is 17.7 Å². The van der Waals surface area contributed by atoms with E-state index in [-0.39, 0.29) is 0 Å². The Morgan fingerprint density at radius 1 is 1.44 bits per heavy atom. The molecule has 0 unspecified atom stereocenters. The molecule has 0 saturated carbocycles. The molecule has 96 valence electrons. The molecule has 3 rings (SSSR count). The molecule has 0 spiro atoms. The third-order valence-corrected chi connectivity index (χ3v) is 4.50. The highest BCUT2D eigenvalue weighted by atomic mass is 32.2. The van der Waals surface area contributed by atoms with E-state index in [2.05, 4.69) is 15.3 Å². The molecular formula is C11H15N5OS. The van der Waals surface area contributed by atoms with Gasteiger partial charge in [-0.2, -0.15) is 0 Å². The lowest BCUT2D eigenvalue weighted by atomic mass is 10.1. The van der Waals surface area contributed by atoms with Crippen molar-refractivity contribution in [1.82, 2.24) is 14.4 Å². The highest BCUT2D eigenvalue weighted by molar-refractivity contribution is 7.85. The highest BCUT2D eigenvalue weighted by Crippen LogP contribution is 2.19. The Bertz CT molecular complexity index is 586. The molecule has 0 atom stereocenters. The Kier molecular flexibility index (Phi) is 2.91. The zero-order chi connectivity index (χ0) is 12.5. The van der Waals surface area contributed by atoms with Gasteiger partial charge in [-0.25, -0.2) is 9.97 Å². The van der Waals surface area contributed by atoms with Crippen LogP contribution < -0.4 is 11.1 Å². The molecule has 0 bridgehead atoms. The third kappa shape index (κ3) is 2.17. The van der Waals surface area contributed by atoms with Gasteiger partial charge < -0.3 is 15.5 Å². The topological polar surface area (TPSA) is 85.3 Å². The van der Waals surface area contributed by atoms with Gasteiger partial charge >= 0.3 is 0 Å². The predicted molar refractivity (Wildman–Crippen MR) is 71.9 cm³/mol. The number of rotatable bonds is 2.